The lowest BCUT2D eigenvalue weighted by Gasteiger charge is -2.36. The molecule has 0 aliphatic carbocycles. The maximum atomic E-state index is 12.9. The van der Waals surface area contributed by atoms with Gasteiger partial charge in [-0.15, -0.1) is 0 Å². The predicted octanol–water partition coefficient (Wildman–Crippen LogP) is 5.05. The van der Waals surface area contributed by atoms with Crippen molar-refractivity contribution < 1.29 is 24.5 Å². The summed E-state index contributed by atoms with van der Waals surface area (Å²) in [5, 5.41) is 25.8. The van der Waals surface area contributed by atoms with E-state index in [9.17, 15) is 19.8 Å². The number of carboxylic acids is 1. The Hall–Kier alpha value is -3.26. The third kappa shape index (κ3) is 6.20. The monoisotopic (exact) mass is 469 g/mol. The first kappa shape index (κ1) is 25.4. The van der Waals surface area contributed by atoms with Crippen LogP contribution in [0.4, 0.5) is 21.9 Å². The lowest BCUT2D eigenvalue weighted by Crippen LogP contribution is -2.46. The van der Waals surface area contributed by atoms with E-state index in [1.165, 1.54) is 0 Å². The molecule has 0 bridgehead atoms. The molecule has 184 valence electrons. The topological polar surface area (TPSA) is 111 Å². The fourth-order valence-electron chi connectivity index (χ4n) is 4.62. The quantitative estimate of drug-likeness (QED) is 0.409. The molecule has 1 heterocycles. The summed E-state index contributed by atoms with van der Waals surface area (Å²) in [5.41, 5.74) is 1.95. The number of ether oxygens (including phenoxy) is 1. The largest absolute Gasteiger partial charge is 0.497 e. The van der Waals surface area contributed by atoms with Crippen LogP contribution >= 0.6 is 0 Å². The van der Waals surface area contributed by atoms with Crippen LogP contribution in [0.2, 0.25) is 0 Å². The van der Waals surface area contributed by atoms with Gasteiger partial charge >= 0.3 is 12.0 Å². The van der Waals surface area contributed by atoms with E-state index in [1.54, 1.807) is 45.2 Å². The molecule has 8 heteroatoms. The molecule has 0 saturated carbocycles. The number of benzene rings is 2. The third-order valence-electron chi connectivity index (χ3n) is 6.38. The lowest BCUT2D eigenvalue weighted by atomic mass is 9.92. The average molecular weight is 470 g/mol. The van der Waals surface area contributed by atoms with E-state index >= 15 is 0 Å². The van der Waals surface area contributed by atoms with Crippen molar-refractivity contribution in [1.82, 2.24) is 0 Å². The maximum absolute atomic E-state index is 12.9. The van der Waals surface area contributed by atoms with E-state index in [1.807, 2.05) is 25.1 Å². The second-order valence-electron chi connectivity index (χ2n) is 9.29. The second kappa shape index (κ2) is 10.8. The number of nitrogens with one attached hydrogen (secondary N) is 2. The van der Waals surface area contributed by atoms with Crippen LogP contribution in [-0.4, -0.2) is 47.5 Å². The molecule has 2 aromatic rings. The van der Waals surface area contributed by atoms with Gasteiger partial charge in [-0.05, 0) is 81.0 Å². The molecular weight excluding hydrogens is 434 g/mol. The number of hydrogen-bond acceptors (Lipinski definition) is 5. The zero-order chi connectivity index (χ0) is 24.9. The minimum absolute atomic E-state index is 0.0172. The Bertz CT molecular complexity index is 1000. The van der Waals surface area contributed by atoms with Gasteiger partial charge in [-0.25, -0.2) is 4.79 Å². The lowest BCUT2D eigenvalue weighted by molar-refractivity contribution is -0.137. The van der Waals surface area contributed by atoms with Gasteiger partial charge in [0.1, 0.15) is 5.75 Å². The molecule has 2 atom stereocenters. The highest BCUT2D eigenvalue weighted by Gasteiger charge is 2.37. The molecule has 34 heavy (non-hydrogen) atoms. The highest BCUT2D eigenvalue weighted by Crippen LogP contribution is 2.38. The van der Waals surface area contributed by atoms with Gasteiger partial charge in [-0.1, -0.05) is 13.0 Å². The number of methoxy groups -OCH3 is 1. The van der Waals surface area contributed by atoms with Crippen LogP contribution in [0.15, 0.2) is 42.5 Å². The number of aliphatic hydroxyl groups is 1. The van der Waals surface area contributed by atoms with Gasteiger partial charge in [0.25, 0.3) is 0 Å². The summed E-state index contributed by atoms with van der Waals surface area (Å²) in [7, 11) is 1.58. The minimum Gasteiger partial charge on any atom is -0.497 e. The standard InChI is InChI=1S/C26H35N3O5/c1-5-17(16-24(30)31)18-8-13-22(29-14-6-7-23(29)26(2,3)33)21(15-18)28-25(32)27-19-9-11-20(34-4)12-10-19/h8-13,15,17,23,33H,5-7,14,16H2,1-4H3,(H,30,31)(H2,27,28,32). The average Bonchev–Trinajstić information content (AvgIpc) is 3.28. The van der Waals surface area contributed by atoms with Gasteiger partial charge in [-0.3, -0.25) is 4.79 Å². The first-order chi connectivity index (χ1) is 16.1. The predicted molar refractivity (Wildman–Crippen MR) is 134 cm³/mol. The van der Waals surface area contributed by atoms with Crippen LogP contribution in [0.25, 0.3) is 0 Å². The Balaban J connectivity index is 1.92. The number of hydrogen-bond donors (Lipinski definition) is 4. The van der Waals surface area contributed by atoms with Crippen molar-refractivity contribution in [2.45, 2.75) is 64.0 Å². The number of aliphatic carboxylic acids is 1. The first-order valence-corrected chi connectivity index (χ1v) is 11.7. The van der Waals surface area contributed by atoms with Crippen molar-refractivity contribution in [2.75, 3.05) is 29.2 Å². The van der Waals surface area contributed by atoms with Crippen molar-refractivity contribution >= 4 is 29.1 Å². The number of urea groups is 1. The van der Waals surface area contributed by atoms with Gasteiger partial charge in [0.05, 0.1) is 36.5 Å². The Morgan fingerprint density at radius 2 is 1.88 bits per heavy atom. The van der Waals surface area contributed by atoms with Gasteiger partial charge in [0.2, 0.25) is 0 Å². The molecule has 2 aromatic carbocycles. The normalized spacial score (nSPS) is 16.7. The maximum Gasteiger partial charge on any atom is 0.323 e. The molecule has 1 aliphatic heterocycles. The Morgan fingerprint density at radius 3 is 2.47 bits per heavy atom. The zero-order valence-corrected chi connectivity index (χ0v) is 20.3. The molecule has 0 aromatic heterocycles. The molecule has 8 nitrogen and oxygen atoms in total. The number of carbonyl (C=O) groups excluding carboxylic acids is 1. The second-order valence-corrected chi connectivity index (χ2v) is 9.29. The SMILES string of the molecule is CCC(CC(=O)O)c1ccc(N2CCCC2C(C)(C)O)c(NC(=O)Nc2ccc(OC)cc2)c1. The van der Waals surface area contributed by atoms with Gasteiger partial charge in [-0.2, -0.15) is 0 Å². The van der Waals surface area contributed by atoms with Gasteiger partial charge < -0.3 is 30.5 Å². The fraction of sp³-hybridized carbons (Fsp3) is 0.462. The summed E-state index contributed by atoms with van der Waals surface area (Å²) in [6, 6.07) is 12.2. The summed E-state index contributed by atoms with van der Waals surface area (Å²) in [4.78, 5) is 26.4. The Kier molecular flexibility index (Phi) is 8.04. The number of carbonyl (C=O) groups is 2. The van der Waals surface area contributed by atoms with Crippen LogP contribution in [0.1, 0.15) is 57.9 Å². The molecule has 2 amide bonds. The van der Waals surface area contributed by atoms with Crippen molar-refractivity contribution in [3.8, 4) is 5.75 Å². The number of rotatable bonds is 9. The van der Waals surface area contributed by atoms with E-state index in [0.717, 1.165) is 30.6 Å². The third-order valence-corrected chi connectivity index (χ3v) is 6.38. The van der Waals surface area contributed by atoms with Crippen LogP contribution in [0.5, 0.6) is 5.75 Å². The summed E-state index contributed by atoms with van der Waals surface area (Å²) >= 11 is 0. The molecule has 4 N–H and O–H groups in total. The Morgan fingerprint density at radius 1 is 1.18 bits per heavy atom. The van der Waals surface area contributed by atoms with E-state index in [0.29, 0.717) is 23.5 Å². The fourth-order valence-corrected chi connectivity index (χ4v) is 4.62. The molecule has 2 unspecified atom stereocenters. The minimum atomic E-state index is -0.910. The first-order valence-electron chi connectivity index (χ1n) is 11.7. The molecule has 3 rings (SSSR count). The van der Waals surface area contributed by atoms with E-state index in [2.05, 4.69) is 15.5 Å². The summed E-state index contributed by atoms with van der Waals surface area (Å²) in [6.07, 6.45) is 2.46. The van der Waals surface area contributed by atoms with Crippen LogP contribution in [-0.2, 0) is 4.79 Å². The summed E-state index contributed by atoms with van der Waals surface area (Å²) in [6.45, 7) is 6.31. The highest BCUT2D eigenvalue weighted by atomic mass is 16.5. The molecule has 1 aliphatic rings. The van der Waals surface area contributed by atoms with E-state index < -0.39 is 17.6 Å². The van der Waals surface area contributed by atoms with E-state index in [-0.39, 0.29) is 18.4 Å². The van der Waals surface area contributed by atoms with Crippen LogP contribution < -0.4 is 20.3 Å². The number of carboxylic acid groups (broad SMARTS) is 1. The molecule has 1 saturated heterocycles. The summed E-state index contributed by atoms with van der Waals surface area (Å²) in [5.74, 6) is -0.332. The number of anilines is 3. The molecule has 0 spiro atoms. The van der Waals surface area contributed by atoms with Gasteiger partial charge in [0, 0.05) is 12.2 Å². The molecule has 0 radical (unpaired) electrons. The highest BCUT2D eigenvalue weighted by molar-refractivity contribution is 6.02. The summed E-state index contributed by atoms with van der Waals surface area (Å²) < 4.78 is 5.16. The van der Waals surface area contributed by atoms with Crippen molar-refractivity contribution in [2.24, 2.45) is 0 Å². The number of nitrogens with zero attached hydrogens (tertiary/aromatic N) is 1. The zero-order valence-electron chi connectivity index (χ0n) is 20.3. The van der Waals surface area contributed by atoms with Gasteiger partial charge in [0.15, 0.2) is 0 Å². The van der Waals surface area contributed by atoms with Crippen molar-refractivity contribution in [3.63, 3.8) is 0 Å². The smallest absolute Gasteiger partial charge is 0.323 e. The van der Waals surface area contributed by atoms with Crippen molar-refractivity contribution in [1.29, 1.82) is 0 Å². The van der Waals surface area contributed by atoms with Crippen LogP contribution in [0.3, 0.4) is 0 Å². The molecule has 1 fully saturated rings. The molecular formula is C26H35N3O5. The Labute approximate surface area is 200 Å². The number of amides is 2. The van der Waals surface area contributed by atoms with Crippen molar-refractivity contribution in [3.05, 3.63) is 48.0 Å². The van der Waals surface area contributed by atoms with Crippen LogP contribution in [0, 0.1) is 0 Å². The van der Waals surface area contributed by atoms with E-state index in [4.69, 9.17) is 4.74 Å².